The van der Waals surface area contributed by atoms with E-state index in [1.165, 1.54) is 0 Å². The van der Waals surface area contributed by atoms with Crippen molar-refractivity contribution in [1.82, 2.24) is 29.7 Å². The van der Waals surface area contributed by atoms with Crippen LogP contribution in [0.2, 0.25) is 5.02 Å². The number of amides is 1. The van der Waals surface area contributed by atoms with Crippen LogP contribution in [0.15, 0.2) is 28.8 Å². The molecule has 0 saturated carbocycles. The lowest BCUT2D eigenvalue weighted by atomic mass is 10.2. The van der Waals surface area contributed by atoms with E-state index >= 15 is 0 Å². The summed E-state index contributed by atoms with van der Waals surface area (Å²) in [5, 5.41) is 9.09. The largest absolute Gasteiger partial charge is 0.361 e. The minimum atomic E-state index is -0.141. The Kier molecular flexibility index (Phi) is 5.38. The first-order valence-electron chi connectivity index (χ1n) is 9.55. The number of hydrogen-bond donors (Lipinski definition) is 0. The standard InChI is InChI=1S/C20H23ClN6O2/c1-13-18(14(2)29-24-13)12-25-8-10-26(11-9-25)20(28)19-22-15(3)27(23-19)17-6-4-16(21)5-7-17/h4-7H,8-12H2,1-3H3. The van der Waals surface area contributed by atoms with Crippen LogP contribution in [0.1, 0.15) is 33.5 Å². The van der Waals surface area contributed by atoms with Gasteiger partial charge < -0.3 is 9.42 Å². The van der Waals surface area contributed by atoms with Gasteiger partial charge in [0.15, 0.2) is 0 Å². The van der Waals surface area contributed by atoms with Gasteiger partial charge in [0.05, 0.1) is 11.4 Å². The van der Waals surface area contributed by atoms with E-state index in [4.69, 9.17) is 16.1 Å². The molecule has 0 N–H and O–H groups in total. The molecular formula is C20H23ClN6O2. The van der Waals surface area contributed by atoms with Crippen LogP contribution in [-0.4, -0.2) is 61.8 Å². The highest BCUT2D eigenvalue weighted by Crippen LogP contribution is 2.18. The molecule has 0 radical (unpaired) electrons. The van der Waals surface area contributed by atoms with E-state index in [2.05, 4.69) is 20.1 Å². The fraction of sp³-hybridized carbons (Fsp3) is 0.400. The van der Waals surface area contributed by atoms with Crippen molar-refractivity contribution in [3.63, 3.8) is 0 Å². The van der Waals surface area contributed by atoms with Gasteiger partial charge in [0.2, 0.25) is 5.82 Å². The van der Waals surface area contributed by atoms with Gasteiger partial charge in [0.25, 0.3) is 5.91 Å². The van der Waals surface area contributed by atoms with Crippen molar-refractivity contribution in [3.8, 4) is 5.69 Å². The van der Waals surface area contributed by atoms with Gasteiger partial charge in [-0.25, -0.2) is 9.67 Å². The van der Waals surface area contributed by atoms with E-state index in [1.54, 1.807) is 16.8 Å². The van der Waals surface area contributed by atoms with E-state index < -0.39 is 0 Å². The predicted octanol–water partition coefficient (Wildman–Crippen LogP) is 2.79. The first-order chi connectivity index (χ1) is 13.9. The topological polar surface area (TPSA) is 80.3 Å². The summed E-state index contributed by atoms with van der Waals surface area (Å²) in [6, 6.07) is 7.28. The second kappa shape index (κ2) is 7.96. The van der Waals surface area contributed by atoms with Crippen LogP contribution in [0.25, 0.3) is 5.69 Å². The van der Waals surface area contributed by atoms with Gasteiger partial charge in [-0.05, 0) is 45.0 Å². The summed E-state index contributed by atoms with van der Waals surface area (Å²) in [4.78, 5) is 21.4. The van der Waals surface area contributed by atoms with Gasteiger partial charge >= 0.3 is 0 Å². The van der Waals surface area contributed by atoms with E-state index in [0.717, 1.165) is 42.3 Å². The highest BCUT2D eigenvalue weighted by atomic mass is 35.5. The van der Waals surface area contributed by atoms with Crippen molar-refractivity contribution < 1.29 is 9.32 Å². The van der Waals surface area contributed by atoms with Crippen molar-refractivity contribution in [1.29, 1.82) is 0 Å². The van der Waals surface area contributed by atoms with Gasteiger partial charge in [-0.3, -0.25) is 9.69 Å². The fourth-order valence-electron chi connectivity index (χ4n) is 3.51. The monoisotopic (exact) mass is 414 g/mol. The van der Waals surface area contributed by atoms with Crippen molar-refractivity contribution in [2.45, 2.75) is 27.3 Å². The second-order valence-corrected chi connectivity index (χ2v) is 7.68. The Bertz CT molecular complexity index is 999. The smallest absolute Gasteiger partial charge is 0.293 e. The van der Waals surface area contributed by atoms with E-state index in [0.29, 0.717) is 23.9 Å². The number of aromatic nitrogens is 4. The fourth-order valence-corrected chi connectivity index (χ4v) is 3.64. The number of hydrogen-bond acceptors (Lipinski definition) is 6. The Morgan fingerprint density at radius 3 is 2.41 bits per heavy atom. The molecule has 3 heterocycles. The molecule has 0 aliphatic carbocycles. The minimum absolute atomic E-state index is 0.141. The summed E-state index contributed by atoms with van der Waals surface area (Å²) in [5.41, 5.74) is 2.87. The van der Waals surface area contributed by atoms with Crippen LogP contribution < -0.4 is 0 Å². The van der Waals surface area contributed by atoms with Gasteiger partial charge in [-0.1, -0.05) is 16.8 Å². The van der Waals surface area contributed by atoms with Crippen molar-refractivity contribution in [3.05, 3.63) is 58.0 Å². The maximum absolute atomic E-state index is 12.9. The maximum atomic E-state index is 12.9. The molecule has 0 spiro atoms. The summed E-state index contributed by atoms with van der Waals surface area (Å²) in [6.07, 6.45) is 0. The third-order valence-electron chi connectivity index (χ3n) is 5.25. The molecule has 9 heteroatoms. The van der Waals surface area contributed by atoms with Crippen molar-refractivity contribution in [2.75, 3.05) is 26.2 Å². The zero-order valence-corrected chi connectivity index (χ0v) is 17.5. The highest BCUT2D eigenvalue weighted by Gasteiger charge is 2.26. The minimum Gasteiger partial charge on any atom is -0.361 e. The number of piperazine rings is 1. The van der Waals surface area contributed by atoms with Crippen LogP contribution in [-0.2, 0) is 6.54 Å². The molecule has 152 valence electrons. The molecule has 1 aliphatic rings. The van der Waals surface area contributed by atoms with E-state index in [9.17, 15) is 4.79 Å². The number of benzene rings is 1. The Morgan fingerprint density at radius 2 is 1.79 bits per heavy atom. The lowest BCUT2D eigenvalue weighted by molar-refractivity contribution is 0.0615. The average molecular weight is 415 g/mol. The van der Waals surface area contributed by atoms with E-state index in [-0.39, 0.29) is 11.7 Å². The average Bonchev–Trinajstić information content (AvgIpc) is 3.26. The number of nitrogens with zero attached hydrogens (tertiary/aromatic N) is 6. The highest BCUT2D eigenvalue weighted by molar-refractivity contribution is 6.30. The Morgan fingerprint density at radius 1 is 1.10 bits per heavy atom. The van der Waals surface area contributed by atoms with E-state index in [1.807, 2.05) is 37.8 Å². The molecule has 1 saturated heterocycles. The maximum Gasteiger partial charge on any atom is 0.293 e. The number of halogens is 1. The molecule has 3 aromatic rings. The summed E-state index contributed by atoms with van der Waals surface area (Å²) in [6.45, 7) is 9.34. The van der Waals surface area contributed by atoms with Gasteiger partial charge in [-0.15, -0.1) is 5.10 Å². The quantitative estimate of drug-likeness (QED) is 0.653. The van der Waals surface area contributed by atoms with Crippen molar-refractivity contribution >= 4 is 17.5 Å². The third kappa shape index (κ3) is 4.04. The molecule has 0 bridgehead atoms. The van der Waals surface area contributed by atoms with Gasteiger partial charge in [0, 0.05) is 43.3 Å². The molecule has 0 atom stereocenters. The predicted molar refractivity (Wildman–Crippen MR) is 108 cm³/mol. The first kappa shape index (κ1) is 19.6. The zero-order valence-electron chi connectivity index (χ0n) is 16.7. The second-order valence-electron chi connectivity index (χ2n) is 7.24. The van der Waals surface area contributed by atoms with Crippen LogP contribution in [0.4, 0.5) is 0 Å². The SMILES string of the molecule is Cc1noc(C)c1CN1CCN(C(=O)c2nc(C)n(-c3ccc(Cl)cc3)n2)CC1. The van der Waals surface area contributed by atoms with Crippen LogP contribution in [0, 0.1) is 20.8 Å². The Balaban J connectivity index is 1.41. The number of rotatable bonds is 4. The lowest BCUT2D eigenvalue weighted by Crippen LogP contribution is -2.48. The Hall–Kier alpha value is -2.71. The molecule has 2 aromatic heterocycles. The Labute approximate surface area is 174 Å². The molecular weight excluding hydrogens is 392 g/mol. The normalized spacial score (nSPS) is 15.1. The zero-order chi connectivity index (χ0) is 20.5. The van der Waals surface area contributed by atoms with Gasteiger partial charge in [0.1, 0.15) is 11.6 Å². The lowest BCUT2D eigenvalue weighted by Gasteiger charge is -2.34. The summed E-state index contributed by atoms with van der Waals surface area (Å²) in [7, 11) is 0. The van der Waals surface area contributed by atoms with Gasteiger partial charge in [-0.2, -0.15) is 0 Å². The number of carbonyl (C=O) groups is 1. The molecule has 29 heavy (non-hydrogen) atoms. The molecule has 1 amide bonds. The third-order valence-corrected chi connectivity index (χ3v) is 5.51. The molecule has 4 rings (SSSR count). The molecule has 1 aromatic carbocycles. The summed E-state index contributed by atoms with van der Waals surface area (Å²) >= 11 is 5.95. The number of aryl methyl sites for hydroxylation is 3. The molecule has 1 fully saturated rings. The summed E-state index contributed by atoms with van der Waals surface area (Å²) < 4.78 is 6.91. The van der Waals surface area contributed by atoms with Crippen molar-refractivity contribution in [2.24, 2.45) is 0 Å². The number of carbonyl (C=O) groups excluding carboxylic acids is 1. The summed E-state index contributed by atoms with van der Waals surface area (Å²) in [5.74, 6) is 1.59. The van der Waals surface area contributed by atoms with Crippen LogP contribution in [0.3, 0.4) is 0 Å². The molecule has 1 aliphatic heterocycles. The first-order valence-corrected chi connectivity index (χ1v) is 9.93. The van der Waals surface area contributed by atoms with Crippen LogP contribution in [0.5, 0.6) is 0 Å². The molecule has 0 unspecified atom stereocenters. The van der Waals surface area contributed by atoms with Crippen LogP contribution >= 0.6 is 11.6 Å². The molecule has 8 nitrogen and oxygen atoms in total.